The van der Waals surface area contributed by atoms with Gasteiger partial charge in [-0.25, -0.2) is 4.98 Å². The van der Waals surface area contributed by atoms with Gasteiger partial charge < -0.3 is 9.73 Å². The molecule has 1 aromatic heterocycles. The lowest BCUT2D eigenvalue weighted by molar-refractivity contribution is 0.262. The molecule has 1 unspecified atom stereocenters. The van der Waals surface area contributed by atoms with Crippen LogP contribution < -0.4 is 5.32 Å². The van der Waals surface area contributed by atoms with Crippen molar-refractivity contribution in [3.05, 3.63) is 17.3 Å². The van der Waals surface area contributed by atoms with Gasteiger partial charge in [-0.05, 0) is 33.1 Å². The first-order valence-electron chi connectivity index (χ1n) is 6.31. The molecule has 1 aromatic rings. The summed E-state index contributed by atoms with van der Waals surface area (Å²) in [5.41, 5.74) is 1.00. The number of oxazole rings is 1. The standard InChI is InChI=1S/C13H22N2O/c1-9(7-12-5-4-6-12)14-8-13-15-10(2)11(3)16-13/h9,12,14H,4-8H2,1-3H3. The number of hydrogen-bond donors (Lipinski definition) is 1. The van der Waals surface area contributed by atoms with E-state index in [0.29, 0.717) is 6.04 Å². The number of aromatic nitrogens is 1. The van der Waals surface area contributed by atoms with E-state index in [9.17, 15) is 0 Å². The molecule has 0 radical (unpaired) electrons. The third-order valence-electron chi connectivity index (χ3n) is 3.59. The number of aryl methyl sites for hydroxylation is 2. The molecule has 2 rings (SSSR count). The zero-order chi connectivity index (χ0) is 11.5. The van der Waals surface area contributed by atoms with E-state index in [1.54, 1.807) is 0 Å². The Labute approximate surface area is 97.6 Å². The Hall–Kier alpha value is -0.830. The summed E-state index contributed by atoms with van der Waals surface area (Å²) in [4.78, 5) is 4.37. The third kappa shape index (κ3) is 2.85. The fraction of sp³-hybridized carbons (Fsp3) is 0.769. The molecular weight excluding hydrogens is 200 g/mol. The minimum atomic E-state index is 0.567. The third-order valence-corrected chi connectivity index (χ3v) is 3.59. The first-order chi connectivity index (χ1) is 7.65. The molecule has 1 heterocycles. The predicted molar refractivity (Wildman–Crippen MR) is 64.2 cm³/mol. The van der Waals surface area contributed by atoms with Crippen LogP contribution in [0.1, 0.15) is 50.0 Å². The lowest BCUT2D eigenvalue weighted by Crippen LogP contribution is -2.29. The van der Waals surface area contributed by atoms with Crippen molar-refractivity contribution in [3.63, 3.8) is 0 Å². The summed E-state index contributed by atoms with van der Waals surface area (Å²) in [5, 5.41) is 3.48. The van der Waals surface area contributed by atoms with E-state index >= 15 is 0 Å². The van der Waals surface area contributed by atoms with Crippen molar-refractivity contribution in [2.75, 3.05) is 0 Å². The first kappa shape index (κ1) is 11.6. The lowest BCUT2D eigenvalue weighted by Gasteiger charge is -2.28. The molecule has 16 heavy (non-hydrogen) atoms. The topological polar surface area (TPSA) is 38.1 Å². The van der Waals surface area contributed by atoms with Gasteiger partial charge in [0.2, 0.25) is 5.89 Å². The van der Waals surface area contributed by atoms with Crippen molar-refractivity contribution < 1.29 is 4.42 Å². The second-order valence-corrected chi connectivity index (χ2v) is 5.06. The molecule has 1 aliphatic rings. The molecule has 1 aliphatic carbocycles. The molecule has 0 aliphatic heterocycles. The van der Waals surface area contributed by atoms with Gasteiger partial charge in [0.1, 0.15) is 5.76 Å². The summed E-state index contributed by atoms with van der Waals surface area (Å²) in [6, 6.07) is 0.567. The molecule has 0 aromatic carbocycles. The molecule has 0 bridgehead atoms. The second-order valence-electron chi connectivity index (χ2n) is 5.06. The Morgan fingerprint density at radius 2 is 2.19 bits per heavy atom. The van der Waals surface area contributed by atoms with Gasteiger partial charge in [-0.2, -0.15) is 0 Å². The molecule has 1 fully saturated rings. The quantitative estimate of drug-likeness (QED) is 0.832. The maximum absolute atomic E-state index is 5.54. The highest BCUT2D eigenvalue weighted by Crippen LogP contribution is 2.30. The zero-order valence-corrected chi connectivity index (χ0v) is 10.5. The highest BCUT2D eigenvalue weighted by Gasteiger charge is 2.19. The van der Waals surface area contributed by atoms with Crippen molar-refractivity contribution in [2.45, 2.75) is 59.0 Å². The summed E-state index contributed by atoms with van der Waals surface area (Å²) in [6.45, 7) is 6.95. The number of nitrogens with zero attached hydrogens (tertiary/aromatic N) is 1. The summed E-state index contributed by atoms with van der Waals surface area (Å²) >= 11 is 0. The SMILES string of the molecule is Cc1nc(CNC(C)CC2CCC2)oc1C. The number of rotatable bonds is 5. The van der Waals surface area contributed by atoms with Crippen LogP contribution in [-0.2, 0) is 6.54 Å². The van der Waals surface area contributed by atoms with Crippen LogP contribution in [0.3, 0.4) is 0 Å². The summed E-state index contributed by atoms with van der Waals surface area (Å²) in [5.74, 6) is 2.70. The number of hydrogen-bond acceptors (Lipinski definition) is 3. The predicted octanol–water partition coefficient (Wildman–Crippen LogP) is 2.96. The zero-order valence-electron chi connectivity index (χ0n) is 10.5. The van der Waals surface area contributed by atoms with Crippen LogP contribution in [0.4, 0.5) is 0 Å². The lowest BCUT2D eigenvalue weighted by atomic mass is 9.81. The normalized spacial score (nSPS) is 18.4. The van der Waals surface area contributed by atoms with E-state index in [0.717, 1.165) is 29.8 Å². The summed E-state index contributed by atoms with van der Waals surface area (Å²) in [6.07, 6.45) is 5.56. The Kier molecular flexibility index (Phi) is 3.64. The smallest absolute Gasteiger partial charge is 0.208 e. The molecule has 3 heteroatoms. The molecule has 1 saturated carbocycles. The molecule has 0 amide bonds. The summed E-state index contributed by atoms with van der Waals surface area (Å²) < 4.78 is 5.54. The molecule has 1 N–H and O–H groups in total. The van der Waals surface area contributed by atoms with Gasteiger partial charge in [0, 0.05) is 6.04 Å². The van der Waals surface area contributed by atoms with E-state index in [1.807, 2.05) is 13.8 Å². The van der Waals surface area contributed by atoms with Crippen LogP contribution in [0.5, 0.6) is 0 Å². The Morgan fingerprint density at radius 1 is 1.44 bits per heavy atom. The Bertz CT molecular complexity index is 322. The van der Waals surface area contributed by atoms with Gasteiger partial charge in [-0.15, -0.1) is 0 Å². The molecule has 90 valence electrons. The van der Waals surface area contributed by atoms with E-state index < -0.39 is 0 Å². The van der Waals surface area contributed by atoms with Gasteiger partial charge >= 0.3 is 0 Å². The number of nitrogens with one attached hydrogen (secondary N) is 1. The molecular formula is C13H22N2O. The van der Waals surface area contributed by atoms with Gasteiger partial charge in [-0.3, -0.25) is 0 Å². The van der Waals surface area contributed by atoms with Gasteiger partial charge in [0.25, 0.3) is 0 Å². The van der Waals surface area contributed by atoms with Crippen molar-refractivity contribution in [1.82, 2.24) is 10.3 Å². The van der Waals surface area contributed by atoms with Crippen molar-refractivity contribution in [1.29, 1.82) is 0 Å². The summed E-state index contributed by atoms with van der Waals surface area (Å²) in [7, 11) is 0. The first-order valence-corrected chi connectivity index (χ1v) is 6.31. The van der Waals surface area contributed by atoms with E-state index in [4.69, 9.17) is 4.42 Å². The van der Waals surface area contributed by atoms with E-state index in [1.165, 1.54) is 25.7 Å². The van der Waals surface area contributed by atoms with Crippen LogP contribution in [-0.4, -0.2) is 11.0 Å². The highest BCUT2D eigenvalue weighted by atomic mass is 16.4. The van der Waals surface area contributed by atoms with Gasteiger partial charge in [0.05, 0.1) is 12.2 Å². The maximum Gasteiger partial charge on any atom is 0.208 e. The van der Waals surface area contributed by atoms with Crippen LogP contribution in [0.15, 0.2) is 4.42 Å². The monoisotopic (exact) mass is 222 g/mol. The van der Waals surface area contributed by atoms with Gasteiger partial charge in [-0.1, -0.05) is 19.3 Å². The fourth-order valence-electron chi connectivity index (χ4n) is 2.19. The van der Waals surface area contributed by atoms with Gasteiger partial charge in [0.15, 0.2) is 0 Å². The van der Waals surface area contributed by atoms with Crippen LogP contribution in [0.2, 0.25) is 0 Å². The van der Waals surface area contributed by atoms with E-state index in [2.05, 4.69) is 17.2 Å². The van der Waals surface area contributed by atoms with Crippen LogP contribution in [0, 0.1) is 19.8 Å². The highest BCUT2D eigenvalue weighted by molar-refractivity contribution is 5.05. The average molecular weight is 222 g/mol. The average Bonchev–Trinajstić information content (AvgIpc) is 2.50. The second kappa shape index (κ2) is 5.00. The molecule has 0 spiro atoms. The Morgan fingerprint density at radius 3 is 2.69 bits per heavy atom. The fourth-order valence-corrected chi connectivity index (χ4v) is 2.19. The van der Waals surface area contributed by atoms with Crippen molar-refractivity contribution in [2.24, 2.45) is 5.92 Å². The van der Waals surface area contributed by atoms with Crippen LogP contribution in [0.25, 0.3) is 0 Å². The maximum atomic E-state index is 5.54. The van der Waals surface area contributed by atoms with Crippen molar-refractivity contribution in [3.8, 4) is 0 Å². The largest absolute Gasteiger partial charge is 0.444 e. The van der Waals surface area contributed by atoms with Crippen LogP contribution >= 0.6 is 0 Å². The molecule has 0 saturated heterocycles. The Balaban J connectivity index is 1.73. The van der Waals surface area contributed by atoms with Crippen molar-refractivity contribution >= 4 is 0 Å². The minimum Gasteiger partial charge on any atom is -0.444 e. The molecule has 3 nitrogen and oxygen atoms in total. The molecule has 1 atom stereocenters. The minimum absolute atomic E-state index is 0.567. The van der Waals surface area contributed by atoms with E-state index in [-0.39, 0.29) is 0 Å².